The molecule has 1 aliphatic rings. The van der Waals surface area contributed by atoms with Crippen LogP contribution in [0.1, 0.15) is 49.3 Å². The molecule has 0 spiro atoms. The largest absolute Gasteiger partial charge is 0.484 e. The van der Waals surface area contributed by atoms with E-state index in [-0.39, 0.29) is 6.10 Å². The van der Waals surface area contributed by atoms with Crippen molar-refractivity contribution in [1.29, 1.82) is 0 Å². The van der Waals surface area contributed by atoms with Crippen molar-refractivity contribution in [2.75, 3.05) is 5.73 Å². The lowest BCUT2D eigenvalue weighted by molar-refractivity contribution is 0.175. The van der Waals surface area contributed by atoms with Gasteiger partial charge in [-0.05, 0) is 48.4 Å². The van der Waals surface area contributed by atoms with Gasteiger partial charge in [0.1, 0.15) is 17.7 Å². The molecule has 1 aromatic carbocycles. The molecule has 104 valence electrons. The van der Waals surface area contributed by atoms with Crippen molar-refractivity contribution < 1.29 is 4.74 Å². The van der Waals surface area contributed by atoms with Crippen molar-refractivity contribution >= 4 is 5.82 Å². The second-order valence-corrected chi connectivity index (χ2v) is 5.34. The average molecular weight is 268 g/mol. The molecule has 3 rings (SSSR count). The zero-order chi connectivity index (χ0) is 13.9. The van der Waals surface area contributed by atoms with Crippen LogP contribution in [0.2, 0.25) is 0 Å². The molecule has 1 heterocycles. The molecule has 1 aliphatic carbocycles. The lowest BCUT2D eigenvalue weighted by Crippen LogP contribution is -2.18. The lowest BCUT2D eigenvalue weighted by Gasteiger charge is -2.31. The van der Waals surface area contributed by atoms with Gasteiger partial charge in [0, 0.05) is 0 Å². The molecule has 0 saturated heterocycles. The first-order valence-corrected chi connectivity index (χ1v) is 7.25. The number of nitrogens with two attached hydrogens (primary N) is 1. The molecule has 2 N–H and O–H groups in total. The number of nitrogen functional groups attached to an aromatic ring is 1. The number of pyridine rings is 1. The maximum absolute atomic E-state index is 6.11. The third kappa shape index (κ3) is 2.48. The maximum Gasteiger partial charge on any atom is 0.138 e. The summed E-state index contributed by atoms with van der Waals surface area (Å²) < 4.78 is 6.11. The number of fused-ring (bicyclic) bond motifs is 1. The zero-order valence-electron chi connectivity index (χ0n) is 11.8. The van der Waals surface area contributed by atoms with E-state index in [0.29, 0.717) is 11.7 Å². The number of hydrogen-bond donors (Lipinski definition) is 1. The van der Waals surface area contributed by atoms with Crippen molar-refractivity contribution in [3.63, 3.8) is 0 Å². The highest BCUT2D eigenvalue weighted by atomic mass is 16.5. The molecular formula is C17H20N2O. The molecule has 0 amide bonds. The van der Waals surface area contributed by atoms with Crippen molar-refractivity contribution in [2.24, 2.45) is 0 Å². The monoisotopic (exact) mass is 268 g/mol. The zero-order valence-corrected chi connectivity index (χ0v) is 11.8. The second kappa shape index (κ2) is 5.53. The highest BCUT2D eigenvalue weighted by molar-refractivity contribution is 5.36. The summed E-state index contributed by atoms with van der Waals surface area (Å²) in [5.74, 6) is 1.97. The Morgan fingerprint density at radius 3 is 2.65 bits per heavy atom. The van der Waals surface area contributed by atoms with Crippen LogP contribution in [0.15, 0.2) is 42.6 Å². The molecule has 1 aromatic heterocycles. The highest BCUT2D eigenvalue weighted by Crippen LogP contribution is 2.41. The predicted molar refractivity (Wildman–Crippen MR) is 80.7 cm³/mol. The van der Waals surface area contributed by atoms with Gasteiger partial charge in [0.15, 0.2) is 0 Å². The normalized spacial score (nSPS) is 21.2. The van der Waals surface area contributed by atoms with Crippen LogP contribution in [-0.2, 0) is 0 Å². The molecule has 3 nitrogen and oxygen atoms in total. The van der Waals surface area contributed by atoms with Crippen LogP contribution in [0.3, 0.4) is 0 Å². The fraction of sp³-hybridized carbons (Fsp3) is 0.353. The number of rotatable bonds is 3. The van der Waals surface area contributed by atoms with Crippen LogP contribution < -0.4 is 10.5 Å². The van der Waals surface area contributed by atoms with Crippen molar-refractivity contribution in [2.45, 2.75) is 38.2 Å². The van der Waals surface area contributed by atoms with Gasteiger partial charge in [-0.1, -0.05) is 31.2 Å². The van der Waals surface area contributed by atoms with Gasteiger partial charge in [-0.15, -0.1) is 0 Å². The number of hydrogen-bond acceptors (Lipinski definition) is 3. The van der Waals surface area contributed by atoms with Gasteiger partial charge in [0.2, 0.25) is 0 Å². The summed E-state index contributed by atoms with van der Waals surface area (Å²) in [5, 5.41) is 0. The Morgan fingerprint density at radius 2 is 1.95 bits per heavy atom. The third-order valence-corrected chi connectivity index (χ3v) is 4.09. The van der Waals surface area contributed by atoms with Crippen LogP contribution in [0, 0.1) is 0 Å². The molecule has 0 radical (unpaired) electrons. The van der Waals surface area contributed by atoms with E-state index in [9.17, 15) is 0 Å². The van der Waals surface area contributed by atoms with Gasteiger partial charge in [0.05, 0.1) is 6.20 Å². The van der Waals surface area contributed by atoms with E-state index in [2.05, 4.69) is 36.2 Å². The Balaban J connectivity index is 1.86. The van der Waals surface area contributed by atoms with E-state index in [1.807, 2.05) is 6.07 Å². The predicted octanol–water partition coefficient (Wildman–Crippen LogP) is 4.07. The Kier molecular flexibility index (Phi) is 3.59. The van der Waals surface area contributed by atoms with Crippen LogP contribution >= 0.6 is 0 Å². The van der Waals surface area contributed by atoms with Gasteiger partial charge in [-0.25, -0.2) is 4.98 Å². The van der Waals surface area contributed by atoms with E-state index >= 15 is 0 Å². The fourth-order valence-electron chi connectivity index (χ4n) is 3.01. The van der Waals surface area contributed by atoms with Crippen LogP contribution in [0.5, 0.6) is 5.75 Å². The molecule has 0 bridgehead atoms. The summed E-state index contributed by atoms with van der Waals surface area (Å²) in [6, 6.07) is 12.3. The smallest absolute Gasteiger partial charge is 0.138 e. The highest BCUT2D eigenvalue weighted by Gasteiger charge is 2.27. The van der Waals surface area contributed by atoms with Crippen LogP contribution in [0.4, 0.5) is 5.82 Å². The fourth-order valence-corrected chi connectivity index (χ4v) is 3.01. The molecule has 2 atom stereocenters. The van der Waals surface area contributed by atoms with Gasteiger partial charge < -0.3 is 10.5 Å². The van der Waals surface area contributed by atoms with Crippen molar-refractivity contribution in [3.05, 3.63) is 53.7 Å². The topological polar surface area (TPSA) is 48.1 Å². The van der Waals surface area contributed by atoms with Gasteiger partial charge in [-0.2, -0.15) is 0 Å². The number of benzene rings is 1. The third-order valence-electron chi connectivity index (χ3n) is 4.09. The lowest BCUT2D eigenvalue weighted by atomic mass is 9.80. The van der Waals surface area contributed by atoms with E-state index in [1.165, 1.54) is 24.0 Å². The summed E-state index contributed by atoms with van der Waals surface area (Å²) in [7, 11) is 0. The van der Waals surface area contributed by atoms with E-state index < -0.39 is 0 Å². The van der Waals surface area contributed by atoms with Gasteiger partial charge in [0.25, 0.3) is 0 Å². The molecule has 3 heteroatoms. The Bertz CT molecular complexity index is 580. The number of ether oxygens (including phenoxy) is 1. The van der Waals surface area contributed by atoms with Crippen LogP contribution in [-0.4, -0.2) is 4.98 Å². The Hall–Kier alpha value is -2.03. The molecule has 0 fully saturated rings. The number of anilines is 1. The minimum Gasteiger partial charge on any atom is -0.484 e. The molecule has 2 aromatic rings. The summed E-state index contributed by atoms with van der Waals surface area (Å²) in [6.07, 6.45) is 5.25. The minimum atomic E-state index is 0.124. The summed E-state index contributed by atoms with van der Waals surface area (Å²) >= 11 is 0. The second-order valence-electron chi connectivity index (χ2n) is 5.34. The van der Waals surface area contributed by atoms with Crippen LogP contribution in [0.25, 0.3) is 0 Å². The average Bonchev–Trinajstić information content (AvgIpc) is 2.50. The standard InChI is InChI=1S/C17H20N2O/c1-2-12-7-9-16(15-6-4-3-5-14(12)15)20-13-8-10-17(18)19-11-13/h3-6,8,10-12,16H,2,7,9H2,1H3,(H2,18,19)/t12-,16+/m0/s1. The van der Waals surface area contributed by atoms with E-state index in [1.54, 1.807) is 12.3 Å². The first kappa shape index (κ1) is 13.0. The first-order chi connectivity index (χ1) is 9.78. The number of aromatic nitrogens is 1. The quantitative estimate of drug-likeness (QED) is 0.912. The molecule has 0 aliphatic heterocycles. The number of nitrogens with zero attached hydrogens (tertiary/aromatic N) is 1. The molecule has 0 unspecified atom stereocenters. The Labute approximate surface area is 119 Å². The van der Waals surface area contributed by atoms with E-state index in [4.69, 9.17) is 10.5 Å². The van der Waals surface area contributed by atoms with E-state index in [0.717, 1.165) is 12.2 Å². The van der Waals surface area contributed by atoms with Crippen molar-refractivity contribution in [3.8, 4) is 5.75 Å². The Morgan fingerprint density at radius 1 is 1.15 bits per heavy atom. The van der Waals surface area contributed by atoms with Gasteiger partial charge >= 0.3 is 0 Å². The van der Waals surface area contributed by atoms with Crippen molar-refractivity contribution in [1.82, 2.24) is 4.98 Å². The molecular weight excluding hydrogens is 248 g/mol. The van der Waals surface area contributed by atoms with Gasteiger partial charge in [-0.3, -0.25) is 0 Å². The first-order valence-electron chi connectivity index (χ1n) is 7.25. The summed E-state index contributed by atoms with van der Waals surface area (Å²) in [4.78, 5) is 4.08. The minimum absolute atomic E-state index is 0.124. The SMILES string of the molecule is CC[C@H]1CC[C@@H](Oc2ccc(N)nc2)c2ccccc21. The molecule has 20 heavy (non-hydrogen) atoms. The maximum atomic E-state index is 6.11. The summed E-state index contributed by atoms with van der Waals surface area (Å²) in [6.45, 7) is 2.26. The molecule has 0 saturated carbocycles. The summed E-state index contributed by atoms with van der Waals surface area (Å²) in [5.41, 5.74) is 8.37.